The maximum Gasteiger partial charge on any atom is 0.302 e. The minimum atomic E-state index is -0.302. The second-order valence-electron chi connectivity index (χ2n) is 6.71. The molecule has 0 bridgehead atoms. The number of rotatable bonds is 3. The third-order valence-corrected chi connectivity index (χ3v) is 6.24. The van der Waals surface area contributed by atoms with Gasteiger partial charge in [0.1, 0.15) is 23.5 Å². The molecule has 1 atom stereocenters. The van der Waals surface area contributed by atoms with E-state index in [1.807, 2.05) is 45.0 Å². The zero-order valence-electron chi connectivity index (χ0n) is 16.0. The molecule has 28 heavy (non-hydrogen) atoms. The first-order valence-electron chi connectivity index (χ1n) is 8.88. The monoisotopic (exact) mass is 414 g/mol. The Hall–Kier alpha value is -2.51. The van der Waals surface area contributed by atoms with Gasteiger partial charge in [0, 0.05) is 28.0 Å². The molecular formula is C20H19ClN4O2S. The second kappa shape index (κ2) is 7.14. The average molecular weight is 415 g/mol. The van der Waals surface area contributed by atoms with Crippen molar-refractivity contribution in [2.24, 2.45) is 4.99 Å². The standard InChI is InChI=1S/C20H19ClN4O2S/c1-10-16(9-27-13(4)26)28-20-17(10)18(14-5-7-15(21)8-6-14)22-11(2)19-24-23-12(3)25(19)20/h5-8,11H,9H2,1-4H3. The Labute approximate surface area is 171 Å². The Kier molecular flexibility index (Phi) is 4.81. The number of thiophene rings is 1. The number of halogens is 1. The van der Waals surface area contributed by atoms with E-state index >= 15 is 0 Å². The van der Waals surface area contributed by atoms with Gasteiger partial charge < -0.3 is 4.74 Å². The van der Waals surface area contributed by atoms with Gasteiger partial charge in [-0.2, -0.15) is 0 Å². The Bertz CT molecular complexity index is 1100. The number of hydrogen-bond donors (Lipinski definition) is 0. The quantitative estimate of drug-likeness (QED) is 0.588. The molecule has 1 aliphatic heterocycles. The second-order valence-corrected chi connectivity index (χ2v) is 8.23. The van der Waals surface area contributed by atoms with Gasteiger partial charge in [-0.1, -0.05) is 23.7 Å². The third kappa shape index (κ3) is 3.14. The van der Waals surface area contributed by atoms with Gasteiger partial charge in [-0.3, -0.25) is 14.4 Å². The summed E-state index contributed by atoms with van der Waals surface area (Å²) in [6.45, 7) is 7.63. The van der Waals surface area contributed by atoms with Crippen LogP contribution < -0.4 is 0 Å². The summed E-state index contributed by atoms with van der Waals surface area (Å²) in [5, 5.41) is 10.3. The van der Waals surface area contributed by atoms with Crippen molar-refractivity contribution in [3.8, 4) is 5.00 Å². The molecule has 4 rings (SSSR count). The van der Waals surface area contributed by atoms with Gasteiger partial charge in [0.2, 0.25) is 0 Å². The van der Waals surface area contributed by atoms with E-state index < -0.39 is 0 Å². The first-order valence-corrected chi connectivity index (χ1v) is 10.1. The average Bonchev–Trinajstić information content (AvgIpc) is 3.15. The van der Waals surface area contributed by atoms with Crippen LogP contribution in [0.5, 0.6) is 0 Å². The summed E-state index contributed by atoms with van der Waals surface area (Å²) < 4.78 is 7.33. The maximum atomic E-state index is 11.3. The predicted octanol–water partition coefficient (Wildman–Crippen LogP) is 4.57. The topological polar surface area (TPSA) is 69.4 Å². The van der Waals surface area contributed by atoms with Crippen LogP contribution in [0.15, 0.2) is 29.3 Å². The number of aryl methyl sites for hydroxylation is 1. The minimum absolute atomic E-state index is 0.150. The molecule has 0 spiro atoms. The molecule has 0 amide bonds. The first-order chi connectivity index (χ1) is 13.4. The van der Waals surface area contributed by atoms with Crippen molar-refractivity contribution >= 4 is 34.6 Å². The lowest BCUT2D eigenvalue weighted by Gasteiger charge is -2.10. The fraction of sp³-hybridized carbons (Fsp3) is 0.300. The van der Waals surface area contributed by atoms with Gasteiger partial charge >= 0.3 is 5.97 Å². The van der Waals surface area contributed by atoms with Crippen LogP contribution in [0.25, 0.3) is 5.00 Å². The van der Waals surface area contributed by atoms with Gasteiger partial charge in [-0.15, -0.1) is 21.5 Å². The number of aromatic nitrogens is 3. The number of hydrogen-bond acceptors (Lipinski definition) is 6. The van der Waals surface area contributed by atoms with Gasteiger partial charge in [0.15, 0.2) is 5.82 Å². The molecule has 0 radical (unpaired) electrons. The fourth-order valence-electron chi connectivity index (χ4n) is 3.33. The number of ether oxygens (including phenoxy) is 1. The van der Waals surface area contributed by atoms with Crippen molar-refractivity contribution in [3.63, 3.8) is 0 Å². The number of nitrogens with zero attached hydrogens (tertiary/aromatic N) is 4. The van der Waals surface area contributed by atoms with Crippen molar-refractivity contribution < 1.29 is 9.53 Å². The molecule has 0 fully saturated rings. The Morgan fingerprint density at radius 1 is 1.25 bits per heavy atom. The summed E-state index contributed by atoms with van der Waals surface area (Å²) >= 11 is 7.67. The van der Waals surface area contributed by atoms with Crippen LogP contribution >= 0.6 is 22.9 Å². The zero-order chi connectivity index (χ0) is 20.0. The largest absolute Gasteiger partial charge is 0.460 e. The van der Waals surface area contributed by atoms with E-state index in [4.69, 9.17) is 21.3 Å². The molecule has 1 aromatic carbocycles. The van der Waals surface area contributed by atoms with Crippen LogP contribution in [0.4, 0.5) is 0 Å². The van der Waals surface area contributed by atoms with Crippen molar-refractivity contribution in [1.29, 1.82) is 0 Å². The maximum absolute atomic E-state index is 11.3. The highest BCUT2D eigenvalue weighted by atomic mass is 35.5. The highest BCUT2D eigenvalue weighted by molar-refractivity contribution is 7.15. The van der Waals surface area contributed by atoms with Crippen molar-refractivity contribution in [2.45, 2.75) is 40.3 Å². The summed E-state index contributed by atoms with van der Waals surface area (Å²) in [6.07, 6.45) is 0. The highest BCUT2D eigenvalue weighted by Crippen LogP contribution is 2.39. The molecule has 1 aliphatic rings. The summed E-state index contributed by atoms with van der Waals surface area (Å²) in [4.78, 5) is 17.3. The van der Waals surface area contributed by atoms with Crippen molar-refractivity contribution in [3.05, 3.63) is 62.5 Å². The lowest BCUT2D eigenvalue weighted by molar-refractivity contribution is -0.142. The van der Waals surface area contributed by atoms with E-state index in [9.17, 15) is 4.79 Å². The number of benzene rings is 1. The predicted molar refractivity (Wildman–Crippen MR) is 110 cm³/mol. The van der Waals surface area contributed by atoms with Gasteiger partial charge in [-0.05, 0) is 38.5 Å². The molecule has 0 saturated carbocycles. The van der Waals surface area contributed by atoms with E-state index in [1.165, 1.54) is 6.92 Å². The molecular weight excluding hydrogens is 396 g/mol. The van der Waals surface area contributed by atoms with Crippen LogP contribution in [0.2, 0.25) is 5.02 Å². The Morgan fingerprint density at radius 3 is 2.64 bits per heavy atom. The summed E-state index contributed by atoms with van der Waals surface area (Å²) in [5.41, 5.74) is 3.92. The van der Waals surface area contributed by atoms with Crippen molar-refractivity contribution in [2.75, 3.05) is 0 Å². The molecule has 6 nitrogen and oxygen atoms in total. The zero-order valence-corrected chi connectivity index (χ0v) is 17.6. The third-order valence-electron chi connectivity index (χ3n) is 4.74. The summed E-state index contributed by atoms with van der Waals surface area (Å²) in [7, 11) is 0. The van der Waals surface area contributed by atoms with Crippen LogP contribution in [0.1, 0.15) is 53.1 Å². The molecule has 8 heteroatoms. The molecule has 3 heterocycles. The molecule has 144 valence electrons. The smallest absolute Gasteiger partial charge is 0.302 e. The molecule has 0 saturated heterocycles. The van der Waals surface area contributed by atoms with Crippen LogP contribution in [-0.4, -0.2) is 26.4 Å². The number of aliphatic imine (C=N–C) groups is 1. The number of fused-ring (bicyclic) bond motifs is 3. The first kappa shape index (κ1) is 18.8. The van der Waals surface area contributed by atoms with E-state index in [0.29, 0.717) is 5.02 Å². The Morgan fingerprint density at radius 2 is 1.96 bits per heavy atom. The Balaban J connectivity index is 1.96. The number of esters is 1. The van der Waals surface area contributed by atoms with Crippen LogP contribution in [0, 0.1) is 13.8 Å². The lowest BCUT2D eigenvalue weighted by atomic mass is 9.99. The van der Waals surface area contributed by atoms with Gasteiger partial charge in [0.25, 0.3) is 0 Å². The van der Waals surface area contributed by atoms with E-state index in [1.54, 1.807) is 11.3 Å². The van der Waals surface area contributed by atoms with Gasteiger partial charge in [0.05, 0.1) is 5.71 Å². The molecule has 0 aliphatic carbocycles. The minimum Gasteiger partial charge on any atom is -0.460 e. The van der Waals surface area contributed by atoms with E-state index in [2.05, 4.69) is 14.8 Å². The molecule has 2 aromatic heterocycles. The number of carbonyl (C=O) groups excluding carboxylic acids is 1. The normalized spacial score (nSPS) is 15.5. The van der Waals surface area contributed by atoms with Crippen LogP contribution in [0.3, 0.4) is 0 Å². The fourth-order valence-corrected chi connectivity index (χ4v) is 4.73. The summed E-state index contributed by atoms with van der Waals surface area (Å²) in [5.74, 6) is 1.29. The van der Waals surface area contributed by atoms with Gasteiger partial charge in [-0.25, -0.2) is 0 Å². The van der Waals surface area contributed by atoms with E-state index in [-0.39, 0.29) is 18.6 Å². The van der Waals surface area contributed by atoms with E-state index in [0.717, 1.165) is 43.9 Å². The summed E-state index contributed by atoms with van der Waals surface area (Å²) in [6, 6.07) is 7.52. The SMILES string of the molecule is CC(=O)OCc1sc2c(c1C)C(c1ccc(Cl)cc1)=NC(C)c1nnc(C)n1-2. The molecule has 3 aromatic rings. The lowest BCUT2D eigenvalue weighted by Crippen LogP contribution is -2.07. The number of carbonyl (C=O) groups is 1. The molecule has 0 N–H and O–H groups in total. The van der Waals surface area contributed by atoms with Crippen LogP contribution in [-0.2, 0) is 16.1 Å². The molecule has 1 unspecified atom stereocenters. The highest BCUT2D eigenvalue weighted by Gasteiger charge is 2.30. The van der Waals surface area contributed by atoms with Crippen molar-refractivity contribution in [1.82, 2.24) is 14.8 Å².